The van der Waals surface area contributed by atoms with E-state index in [1.807, 2.05) is 24.3 Å². The van der Waals surface area contributed by atoms with Crippen LogP contribution in [-0.2, 0) is 4.74 Å². The number of carbonyl (C=O) groups is 2. The van der Waals surface area contributed by atoms with Crippen molar-refractivity contribution >= 4 is 17.4 Å². The van der Waals surface area contributed by atoms with Gasteiger partial charge in [-0.15, -0.1) is 0 Å². The number of ether oxygens (including phenoxy) is 1. The number of hydrogen-bond acceptors (Lipinski definition) is 5. The second kappa shape index (κ2) is 12.9. The van der Waals surface area contributed by atoms with Crippen LogP contribution in [0.4, 0.5) is 10.1 Å². The average molecular weight is 522 g/mol. The Bertz CT molecular complexity index is 1070. The van der Waals surface area contributed by atoms with E-state index in [-0.39, 0.29) is 29.5 Å². The maximum Gasteiger partial charge on any atom is 0.253 e. The second-order valence-corrected chi connectivity index (χ2v) is 11.1. The number of carbonyl (C=O) groups excluding carboxylic acids is 2. The number of hydrogen-bond donors (Lipinski definition) is 1. The molecule has 0 unspecified atom stereocenters. The number of para-hydroxylation sites is 1. The van der Waals surface area contributed by atoms with Gasteiger partial charge in [0.2, 0.25) is 0 Å². The average Bonchev–Trinajstić information content (AvgIpc) is 2.97. The Hall–Kier alpha value is -2.77. The fraction of sp³-hybridized carbons (Fsp3) is 0.548. The molecule has 3 fully saturated rings. The van der Waals surface area contributed by atoms with Crippen molar-refractivity contribution in [1.29, 1.82) is 0 Å². The van der Waals surface area contributed by atoms with E-state index in [0.29, 0.717) is 24.7 Å². The number of nitrogens with zero attached hydrogens (tertiary/aromatic N) is 2. The minimum Gasteiger partial charge on any atom is -0.378 e. The molecule has 7 heteroatoms. The molecule has 1 amide bonds. The van der Waals surface area contributed by atoms with E-state index in [1.54, 1.807) is 12.1 Å². The molecule has 0 radical (unpaired) electrons. The van der Waals surface area contributed by atoms with E-state index in [4.69, 9.17) is 4.74 Å². The Balaban J connectivity index is 1.02. The first-order valence-corrected chi connectivity index (χ1v) is 14.3. The van der Waals surface area contributed by atoms with Gasteiger partial charge in [0, 0.05) is 36.3 Å². The molecule has 1 N–H and O–H groups in total. The van der Waals surface area contributed by atoms with Gasteiger partial charge in [-0.3, -0.25) is 9.59 Å². The Morgan fingerprint density at radius 2 is 1.55 bits per heavy atom. The smallest absolute Gasteiger partial charge is 0.253 e. The van der Waals surface area contributed by atoms with Gasteiger partial charge in [-0.2, -0.15) is 0 Å². The summed E-state index contributed by atoms with van der Waals surface area (Å²) in [6.07, 6.45) is 7.29. The molecule has 6 nitrogen and oxygen atoms in total. The third-order valence-electron chi connectivity index (χ3n) is 8.62. The fourth-order valence-corrected chi connectivity index (χ4v) is 6.24. The highest BCUT2D eigenvalue weighted by molar-refractivity contribution is 6.00. The first-order valence-electron chi connectivity index (χ1n) is 14.3. The molecule has 0 spiro atoms. The Labute approximate surface area is 225 Å². The maximum absolute atomic E-state index is 13.2. The lowest BCUT2D eigenvalue weighted by Gasteiger charge is -2.34. The summed E-state index contributed by atoms with van der Waals surface area (Å²) in [6.45, 7) is 6.01. The van der Waals surface area contributed by atoms with Crippen molar-refractivity contribution in [1.82, 2.24) is 10.2 Å². The molecule has 5 rings (SSSR count). The number of Topliss-reactive ketones (excluding diaryl/α,β-unsaturated/α-hetero) is 1. The normalized spacial score (nSPS) is 23.2. The molecule has 3 aliphatic rings. The lowest BCUT2D eigenvalue weighted by Crippen LogP contribution is -2.41. The van der Waals surface area contributed by atoms with E-state index >= 15 is 0 Å². The highest BCUT2D eigenvalue weighted by Gasteiger charge is 2.28. The number of piperidine rings is 1. The molecule has 2 saturated heterocycles. The summed E-state index contributed by atoms with van der Waals surface area (Å²) >= 11 is 0. The number of likely N-dealkylation sites (tertiary alicyclic amines) is 1. The van der Waals surface area contributed by atoms with Crippen molar-refractivity contribution in [3.8, 4) is 0 Å². The molecule has 38 heavy (non-hydrogen) atoms. The second-order valence-electron chi connectivity index (χ2n) is 11.1. The molecule has 2 aromatic carbocycles. The van der Waals surface area contributed by atoms with Gasteiger partial charge >= 0.3 is 0 Å². The molecule has 0 bridgehead atoms. The van der Waals surface area contributed by atoms with Gasteiger partial charge in [0.25, 0.3) is 5.91 Å². The maximum atomic E-state index is 13.2. The minimum absolute atomic E-state index is 0.0357. The van der Waals surface area contributed by atoms with Gasteiger partial charge < -0.3 is 19.9 Å². The first-order chi connectivity index (χ1) is 18.6. The molecular formula is C31H40FN3O3. The van der Waals surface area contributed by atoms with E-state index in [0.717, 1.165) is 82.5 Å². The number of morpholine rings is 1. The minimum atomic E-state index is -0.304. The van der Waals surface area contributed by atoms with Crippen LogP contribution < -0.4 is 10.2 Å². The molecule has 204 valence electrons. The van der Waals surface area contributed by atoms with Crippen molar-refractivity contribution in [2.45, 2.75) is 51.0 Å². The first kappa shape index (κ1) is 26.8. The fourth-order valence-electron chi connectivity index (χ4n) is 6.24. The zero-order valence-corrected chi connectivity index (χ0v) is 22.2. The standard InChI is InChI=1S/C31H40FN3O3/c32-26-9-7-24(8-10-26)30(36)25-14-17-34(18-15-25)16-13-23-5-11-27(12-6-23)33-31(37)28-3-1-2-4-29(28)35-19-21-38-22-20-35/h1-4,7-10,23,25,27H,5-6,11-22H2,(H,33,37). The number of rotatable bonds is 8. The van der Waals surface area contributed by atoms with Gasteiger partial charge in [0.1, 0.15) is 5.82 Å². The number of halogens is 1. The SMILES string of the molecule is O=C(NC1CCC(CCN2CCC(C(=O)c3ccc(F)cc3)CC2)CC1)c1ccccc1N1CCOCC1. The summed E-state index contributed by atoms with van der Waals surface area (Å²) < 4.78 is 18.6. The van der Waals surface area contributed by atoms with E-state index in [2.05, 4.69) is 15.1 Å². The van der Waals surface area contributed by atoms with Crippen LogP contribution in [0.25, 0.3) is 0 Å². The summed E-state index contributed by atoms with van der Waals surface area (Å²) in [5.41, 5.74) is 2.39. The number of nitrogens with one attached hydrogen (secondary N) is 1. The Kier molecular flexibility index (Phi) is 9.07. The summed E-state index contributed by atoms with van der Waals surface area (Å²) in [6, 6.07) is 14.1. The van der Waals surface area contributed by atoms with Gasteiger partial charge in [-0.05, 0) is 107 Å². The van der Waals surface area contributed by atoms with Crippen LogP contribution in [0.1, 0.15) is 65.7 Å². The van der Waals surface area contributed by atoms with Crippen LogP contribution in [0, 0.1) is 17.7 Å². The third kappa shape index (κ3) is 6.80. The number of benzene rings is 2. The number of anilines is 1. The van der Waals surface area contributed by atoms with Crippen LogP contribution in [0.3, 0.4) is 0 Å². The highest BCUT2D eigenvalue weighted by Crippen LogP contribution is 2.29. The van der Waals surface area contributed by atoms with Crippen LogP contribution >= 0.6 is 0 Å². The predicted molar refractivity (Wildman–Crippen MR) is 147 cm³/mol. The van der Waals surface area contributed by atoms with Gasteiger partial charge in [0.05, 0.1) is 18.8 Å². The molecule has 0 aromatic heterocycles. The zero-order valence-electron chi connectivity index (χ0n) is 22.2. The van der Waals surface area contributed by atoms with Crippen LogP contribution in [0.15, 0.2) is 48.5 Å². The van der Waals surface area contributed by atoms with E-state index < -0.39 is 0 Å². The summed E-state index contributed by atoms with van der Waals surface area (Å²) in [5, 5.41) is 3.31. The third-order valence-corrected chi connectivity index (χ3v) is 8.62. The number of ketones is 1. The van der Waals surface area contributed by atoms with Crippen molar-refractivity contribution < 1.29 is 18.7 Å². The summed E-state index contributed by atoms with van der Waals surface area (Å²) in [5.74, 6) is 0.625. The molecule has 1 aliphatic carbocycles. The van der Waals surface area contributed by atoms with Crippen LogP contribution in [0.5, 0.6) is 0 Å². The molecule has 2 heterocycles. The zero-order chi connectivity index (χ0) is 26.3. The Morgan fingerprint density at radius 3 is 2.26 bits per heavy atom. The van der Waals surface area contributed by atoms with E-state index in [9.17, 15) is 14.0 Å². The molecule has 2 aliphatic heterocycles. The molecule has 2 aromatic rings. The number of amides is 1. The summed E-state index contributed by atoms with van der Waals surface area (Å²) in [4.78, 5) is 30.6. The van der Waals surface area contributed by atoms with Crippen LogP contribution in [0.2, 0.25) is 0 Å². The molecular weight excluding hydrogens is 481 g/mol. The monoisotopic (exact) mass is 521 g/mol. The van der Waals surface area contributed by atoms with Crippen molar-refractivity contribution in [2.24, 2.45) is 11.8 Å². The Morgan fingerprint density at radius 1 is 0.868 bits per heavy atom. The largest absolute Gasteiger partial charge is 0.378 e. The van der Waals surface area contributed by atoms with Crippen molar-refractivity contribution in [3.63, 3.8) is 0 Å². The van der Waals surface area contributed by atoms with Crippen molar-refractivity contribution in [3.05, 3.63) is 65.5 Å². The summed E-state index contributed by atoms with van der Waals surface area (Å²) in [7, 11) is 0. The van der Waals surface area contributed by atoms with Gasteiger partial charge in [-0.25, -0.2) is 4.39 Å². The topological polar surface area (TPSA) is 61.9 Å². The highest BCUT2D eigenvalue weighted by atomic mass is 19.1. The van der Waals surface area contributed by atoms with E-state index in [1.165, 1.54) is 18.6 Å². The molecule has 1 saturated carbocycles. The van der Waals surface area contributed by atoms with Crippen LogP contribution in [-0.4, -0.2) is 68.6 Å². The predicted octanol–water partition coefficient (Wildman–Crippen LogP) is 4.94. The quantitative estimate of drug-likeness (QED) is 0.499. The van der Waals surface area contributed by atoms with Gasteiger partial charge in [0.15, 0.2) is 5.78 Å². The van der Waals surface area contributed by atoms with Crippen molar-refractivity contribution in [2.75, 3.05) is 50.8 Å². The lowest BCUT2D eigenvalue weighted by molar-refractivity contribution is 0.0832. The molecule has 0 atom stereocenters. The lowest BCUT2D eigenvalue weighted by atomic mass is 9.83. The van der Waals surface area contributed by atoms with Gasteiger partial charge in [-0.1, -0.05) is 12.1 Å².